The van der Waals surface area contributed by atoms with Crippen LogP contribution in [0.1, 0.15) is 5.56 Å². The maximum atomic E-state index is 12.3. The number of hydrogen-bond donors (Lipinski definition) is 2. The van der Waals surface area contributed by atoms with E-state index in [1.165, 1.54) is 12.1 Å². The Morgan fingerprint density at radius 3 is 2.48 bits per heavy atom. The van der Waals surface area contributed by atoms with Gasteiger partial charge in [0.25, 0.3) is 10.0 Å². The Morgan fingerprint density at radius 1 is 1.19 bits per heavy atom. The van der Waals surface area contributed by atoms with Gasteiger partial charge in [-0.05, 0) is 64.8 Å². The van der Waals surface area contributed by atoms with Crippen molar-refractivity contribution in [1.82, 2.24) is 0 Å². The van der Waals surface area contributed by atoms with E-state index in [9.17, 15) is 8.42 Å². The number of benzene rings is 2. The fourth-order valence-electron chi connectivity index (χ4n) is 1.76. The summed E-state index contributed by atoms with van der Waals surface area (Å²) in [6.45, 7) is 1.76. The topological polar surface area (TPSA) is 81.4 Å². The molecule has 3 N–H and O–H groups in total. The number of aryl methyl sites for hydroxylation is 1. The Balaban J connectivity index is 2.32. The van der Waals surface area contributed by atoms with E-state index in [4.69, 9.17) is 10.5 Å². The second-order valence-electron chi connectivity index (χ2n) is 4.47. The third-order valence-corrected chi connectivity index (χ3v) is 4.95. The van der Waals surface area contributed by atoms with Gasteiger partial charge in [-0.1, -0.05) is 0 Å². The molecule has 0 unspecified atom stereocenters. The minimum Gasteiger partial charge on any atom is -0.496 e. The lowest BCUT2D eigenvalue weighted by molar-refractivity contribution is 0.412. The van der Waals surface area contributed by atoms with Crippen LogP contribution in [0.25, 0.3) is 0 Å². The molecule has 0 spiro atoms. The highest BCUT2D eigenvalue weighted by molar-refractivity contribution is 9.10. The Morgan fingerprint density at radius 2 is 1.90 bits per heavy atom. The van der Waals surface area contributed by atoms with Gasteiger partial charge in [0.15, 0.2) is 0 Å². The van der Waals surface area contributed by atoms with Crippen molar-refractivity contribution in [3.8, 4) is 5.75 Å². The van der Waals surface area contributed by atoms with Crippen LogP contribution in [0, 0.1) is 6.92 Å². The van der Waals surface area contributed by atoms with E-state index >= 15 is 0 Å². The molecule has 0 radical (unpaired) electrons. The number of rotatable bonds is 4. The van der Waals surface area contributed by atoms with Crippen LogP contribution in [0.15, 0.2) is 45.8 Å². The van der Waals surface area contributed by atoms with Gasteiger partial charge in [-0.25, -0.2) is 8.42 Å². The van der Waals surface area contributed by atoms with E-state index in [-0.39, 0.29) is 4.90 Å². The Hall–Kier alpha value is -1.73. The zero-order chi connectivity index (χ0) is 15.6. The first kappa shape index (κ1) is 15.7. The number of hydrogen-bond acceptors (Lipinski definition) is 4. The number of nitrogens with two attached hydrogens (primary N) is 1. The zero-order valence-electron chi connectivity index (χ0n) is 11.6. The Labute approximate surface area is 132 Å². The lowest BCUT2D eigenvalue weighted by Gasteiger charge is -2.11. The number of ether oxygens (including phenoxy) is 1. The molecule has 0 heterocycles. The molecule has 0 atom stereocenters. The molecule has 0 fully saturated rings. The molecule has 2 aromatic rings. The molecule has 0 aliphatic heterocycles. The molecule has 0 aromatic heterocycles. The molecule has 2 rings (SSSR count). The lowest BCUT2D eigenvalue weighted by atomic mass is 10.2. The summed E-state index contributed by atoms with van der Waals surface area (Å²) in [5.74, 6) is 0.626. The highest BCUT2D eigenvalue weighted by Crippen LogP contribution is 2.29. The quantitative estimate of drug-likeness (QED) is 0.809. The molecule has 112 valence electrons. The van der Waals surface area contributed by atoms with E-state index in [1.54, 1.807) is 38.3 Å². The van der Waals surface area contributed by atoms with Crippen molar-refractivity contribution in [2.75, 3.05) is 17.6 Å². The van der Waals surface area contributed by atoms with Gasteiger partial charge in [0.05, 0.1) is 22.2 Å². The van der Waals surface area contributed by atoms with E-state index in [0.717, 1.165) is 0 Å². The number of methoxy groups -OCH3 is 1. The SMILES string of the molecule is COc1ccc(NS(=O)(=O)c2ccc(N)c(C)c2)cc1Br. The Kier molecular flexibility index (Phi) is 4.43. The van der Waals surface area contributed by atoms with Crippen LogP contribution in [0.5, 0.6) is 5.75 Å². The smallest absolute Gasteiger partial charge is 0.261 e. The minimum atomic E-state index is -3.66. The second kappa shape index (κ2) is 5.95. The summed E-state index contributed by atoms with van der Waals surface area (Å²) >= 11 is 3.32. The largest absolute Gasteiger partial charge is 0.496 e. The van der Waals surface area contributed by atoms with E-state index in [1.807, 2.05) is 0 Å². The van der Waals surface area contributed by atoms with Crippen LogP contribution >= 0.6 is 15.9 Å². The number of nitrogen functional groups attached to an aromatic ring is 1. The van der Waals surface area contributed by atoms with Gasteiger partial charge in [0.2, 0.25) is 0 Å². The Bertz CT molecular complexity index is 776. The summed E-state index contributed by atoms with van der Waals surface area (Å²) in [5, 5.41) is 0. The molecule has 7 heteroatoms. The van der Waals surface area contributed by atoms with Crippen molar-refractivity contribution in [3.05, 3.63) is 46.4 Å². The molecule has 0 bridgehead atoms. The van der Waals surface area contributed by atoms with Crippen molar-refractivity contribution < 1.29 is 13.2 Å². The first-order valence-corrected chi connectivity index (χ1v) is 8.33. The molecule has 0 aliphatic rings. The third kappa shape index (κ3) is 3.48. The predicted molar refractivity (Wildman–Crippen MR) is 87.1 cm³/mol. The van der Waals surface area contributed by atoms with Gasteiger partial charge in [0, 0.05) is 5.69 Å². The minimum absolute atomic E-state index is 0.168. The molecular formula is C14H15BrN2O3S. The van der Waals surface area contributed by atoms with Gasteiger partial charge in [-0.15, -0.1) is 0 Å². The summed E-state index contributed by atoms with van der Waals surface area (Å²) in [7, 11) is -2.11. The van der Waals surface area contributed by atoms with Gasteiger partial charge in [0.1, 0.15) is 5.75 Å². The highest BCUT2D eigenvalue weighted by Gasteiger charge is 2.15. The van der Waals surface area contributed by atoms with Crippen LogP contribution in [-0.4, -0.2) is 15.5 Å². The first-order valence-electron chi connectivity index (χ1n) is 6.06. The van der Waals surface area contributed by atoms with Crippen molar-refractivity contribution in [2.45, 2.75) is 11.8 Å². The standard InChI is InChI=1S/C14H15BrN2O3S/c1-9-7-11(4-5-13(9)16)21(18,19)17-10-3-6-14(20-2)12(15)8-10/h3-8,17H,16H2,1-2H3. The average Bonchev–Trinajstić information content (AvgIpc) is 2.41. The maximum Gasteiger partial charge on any atom is 0.261 e. The molecule has 5 nitrogen and oxygen atoms in total. The number of anilines is 2. The van der Waals surface area contributed by atoms with Crippen LogP contribution in [0.2, 0.25) is 0 Å². The van der Waals surface area contributed by atoms with E-state index in [2.05, 4.69) is 20.7 Å². The average molecular weight is 371 g/mol. The van der Waals surface area contributed by atoms with Crippen molar-refractivity contribution in [3.63, 3.8) is 0 Å². The second-order valence-corrected chi connectivity index (χ2v) is 7.01. The number of sulfonamides is 1. The summed E-state index contributed by atoms with van der Waals surface area (Å²) < 4.78 is 33.0. The molecule has 0 amide bonds. The lowest BCUT2D eigenvalue weighted by Crippen LogP contribution is -2.13. The molecule has 2 aromatic carbocycles. The van der Waals surface area contributed by atoms with E-state index < -0.39 is 10.0 Å². The third-order valence-electron chi connectivity index (χ3n) is 2.96. The highest BCUT2D eigenvalue weighted by atomic mass is 79.9. The van der Waals surface area contributed by atoms with Crippen LogP contribution < -0.4 is 15.2 Å². The molecule has 0 aliphatic carbocycles. The monoisotopic (exact) mass is 370 g/mol. The normalized spacial score (nSPS) is 11.2. The summed E-state index contributed by atoms with van der Waals surface area (Å²) in [6.07, 6.45) is 0. The van der Waals surface area contributed by atoms with Crippen molar-refractivity contribution in [2.24, 2.45) is 0 Å². The van der Waals surface area contributed by atoms with Crippen molar-refractivity contribution in [1.29, 1.82) is 0 Å². The van der Waals surface area contributed by atoms with Crippen LogP contribution in [-0.2, 0) is 10.0 Å². The zero-order valence-corrected chi connectivity index (χ0v) is 14.0. The van der Waals surface area contributed by atoms with E-state index in [0.29, 0.717) is 27.2 Å². The van der Waals surface area contributed by atoms with Gasteiger partial charge >= 0.3 is 0 Å². The summed E-state index contributed by atoms with van der Waals surface area (Å²) in [6, 6.07) is 9.54. The first-order chi connectivity index (χ1) is 9.83. The predicted octanol–water partition coefficient (Wildman–Crippen LogP) is 3.15. The summed E-state index contributed by atoms with van der Waals surface area (Å²) in [4.78, 5) is 0.168. The van der Waals surface area contributed by atoms with Gasteiger partial charge in [-0.2, -0.15) is 0 Å². The fraction of sp³-hybridized carbons (Fsp3) is 0.143. The summed E-state index contributed by atoms with van der Waals surface area (Å²) in [5.41, 5.74) is 7.42. The van der Waals surface area contributed by atoms with Gasteiger partial charge in [-0.3, -0.25) is 4.72 Å². The van der Waals surface area contributed by atoms with Crippen molar-refractivity contribution >= 4 is 37.3 Å². The molecule has 0 saturated heterocycles. The number of halogens is 1. The molecule has 0 saturated carbocycles. The molecule has 21 heavy (non-hydrogen) atoms. The number of nitrogens with one attached hydrogen (secondary N) is 1. The molecular weight excluding hydrogens is 356 g/mol. The van der Waals surface area contributed by atoms with Crippen LogP contribution in [0.3, 0.4) is 0 Å². The van der Waals surface area contributed by atoms with Gasteiger partial charge < -0.3 is 10.5 Å². The fourth-order valence-corrected chi connectivity index (χ4v) is 3.43. The van der Waals surface area contributed by atoms with Crippen LogP contribution in [0.4, 0.5) is 11.4 Å². The maximum absolute atomic E-state index is 12.3.